The van der Waals surface area contributed by atoms with E-state index in [0.717, 1.165) is 30.9 Å². The number of fused-ring (bicyclic) bond motifs is 1. The van der Waals surface area contributed by atoms with Gasteiger partial charge in [-0.15, -0.1) is 0 Å². The normalized spacial score (nSPS) is 30.8. The van der Waals surface area contributed by atoms with Crippen molar-refractivity contribution in [2.45, 2.75) is 31.3 Å². The van der Waals surface area contributed by atoms with Crippen molar-refractivity contribution in [1.82, 2.24) is 4.90 Å². The maximum absolute atomic E-state index is 10.2. The van der Waals surface area contributed by atoms with Crippen LogP contribution in [0, 0.1) is 5.92 Å². The summed E-state index contributed by atoms with van der Waals surface area (Å²) in [5, 5.41) is 10.2. The molecule has 120 valence electrons. The minimum Gasteiger partial charge on any atom is -0.493 e. The van der Waals surface area contributed by atoms with Gasteiger partial charge in [-0.05, 0) is 42.5 Å². The standard InChI is InChI=1S/C18H25NO3/c1-12-11-18(7-8-19(2)17(18)10-14(12)20)13-5-6-15(21-3)16(9-13)22-4/h5-6,9-10,12,14,20H,7-8,11H2,1-4H3/t12-,14+,18-/m1/s1. The van der Waals surface area contributed by atoms with Gasteiger partial charge in [-0.3, -0.25) is 0 Å². The molecule has 22 heavy (non-hydrogen) atoms. The number of likely N-dealkylation sites (tertiary alicyclic amines) is 1. The van der Waals surface area contributed by atoms with Crippen LogP contribution in [0.5, 0.6) is 11.5 Å². The molecule has 0 bridgehead atoms. The Morgan fingerprint density at radius 3 is 2.64 bits per heavy atom. The van der Waals surface area contributed by atoms with Gasteiger partial charge in [-0.25, -0.2) is 0 Å². The second-order valence-corrected chi connectivity index (χ2v) is 6.55. The molecule has 0 radical (unpaired) electrons. The third-order valence-corrected chi connectivity index (χ3v) is 5.29. The van der Waals surface area contributed by atoms with Crippen LogP contribution in [0.25, 0.3) is 0 Å². The predicted molar refractivity (Wildman–Crippen MR) is 86.3 cm³/mol. The number of hydrogen-bond donors (Lipinski definition) is 1. The Kier molecular flexibility index (Phi) is 3.81. The molecule has 1 aromatic carbocycles. The molecule has 3 atom stereocenters. The Hall–Kier alpha value is -1.68. The van der Waals surface area contributed by atoms with Crippen LogP contribution in [0.3, 0.4) is 0 Å². The molecule has 1 fully saturated rings. The van der Waals surface area contributed by atoms with E-state index in [9.17, 15) is 5.11 Å². The van der Waals surface area contributed by atoms with Crippen LogP contribution in [0.15, 0.2) is 30.0 Å². The summed E-state index contributed by atoms with van der Waals surface area (Å²) >= 11 is 0. The van der Waals surface area contributed by atoms with Crippen LogP contribution in [0.4, 0.5) is 0 Å². The molecule has 1 saturated heterocycles. The second kappa shape index (κ2) is 5.51. The smallest absolute Gasteiger partial charge is 0.161 e. The van der Waals surface area contributed by atoms with Crippen molar-refractivity contribution in [2.75, 3.05) is 27.8 Å². The molecule has 0 saturated carbocycles. The Balaban J connectivity index is 2.10. The molecule has 0 amide bonds. The summed E-state index contributed by atoms with van der Waals surface area (Å²) < 4.78 is 10.8. The van der Waals surface area contributed by atoms with E-state index >= 15 is 0 Å². The average molecular weight is 303 g/mol. The fourth-order valence-electron chi connectivity index (χ4n) is 4.01. The highest BCUT2D eigenvalue weighted by Gasteiger charge is 2.47. The van der Waals surface area contributed by atoms with Crippen molar-refractivity contribution in [3.8, 4) is 11.5 Å². The molecule has 4 heteroatoms. The monoisotopic (exact) mass is 303 g/mol. The lowest BCUT2D eigenvalue weighted by Crippen LogP contribution is -2.38. The molecule has 1 aliphatic heterocycles. The molecule has 1 N–H and O–H groups in total. The van der Waals surface area contributed by atoms with E-state index in [-0.39, 0.29) is 17.4 Å². The number of aliphatic hydroxyl groups is 1. The first-order valence-electron chi connectivity index (χ1n) is 7.86. The number of likely N-dealkylation sites (N-methyl/N-ethyl adjacent to an activating group) is 1. The average Bonchev–Trinajstić information content (AvgIpc) is 2.85. The predicted octanol–water partition coefficient (Wildman–Crippen LogP) is 2.56. The van der Waals surface area contributed by atoms with E-state index in [1.54, 1.807) is 14.2 Å². The molecule has 4 nitrogen and oxygen atoms in total. The Bertz CT molecular complexity index is 598. The zero-order valence-corrected chi connectivity index (χ0v) is 13.8. The lowest BCUT2D eigenvalue weighted by molar-refractivity contribution is 0.125. The van der Waals surface area contributed by atoms with Crippen LogP contribution in [-0.2, 0) is 5.41 Å². The van der Waals surface area contributed by atoms with Crippen molar-refractivity contribution in [2.24, 2.45) is 5.92 Å². The van der Waals surface area contributed by atoms with E-state index in [4.69, 9.17) is 9.47 Å². The summed E-state index contributed by atoms with van der Waals surface area (Å²) in [6.45, 7) is 3.14. The van der Waals surface area contributed by atoms with E-state index in [1.807, 2.05) is 12.1 Å². The Labute approximate surface area is 132 Å². The topological polar surface area (TPSA) is 41.9 Å². The number of nitrogens with zero attached hydrogens (tertiary/aromatic N) is 1. The minimum absolute atomic E-state index is 0.0209. The van der Waals surface area contributed by atoms with Crippen LogP contribution in [0.2, 0.25) is 0 Å². The number of benzene rings is 1. The van der Waals surface area contributed by atoms with Gasteiger partial charge in [0.1, 0.15) is 0 Å². The zero-order chi connectivity index (χ0) is 15.9. The van der Waals surface area contributed by atoms with Gasteiger partial charge in [0, 0.05) is 24.7 Å². The van der Waals surface area contributed by atoms with Gasteiger partial charge in [-0.1, -0.05) is 13.0 Å². The molecular weight excluding hydrogens is 278 g/mol. The summed E-state index contributed by atoms with van der Waals surface area (Å²) in [6, 6.07) is 6.21. The summed E-state index contributed by atoms with van der Waals surface area (Å²) in [4.78, 5) is 2.27. The van der Waals surface area contributed by atoms with Crippen LogP contribution in [0.1, 0.15) is 25.3 Å². The van der Waals surface area contributed by atoms with Crippen molar-refractivity contribution in [3.63, 3.8) is 0 Å². The van der Waals surface area contributed by atoms with Gasteiger partial charge >= 0.3 is 0 Å². The Morgan fingerprint density at radius 2 is 1.95 bits per heavy atom. The minimum atomic E-state index is -0.358. The van der Waals surface area contributed by atoms with Crippen LogP contribution >= 0.6 is 0 Å². The van der Waals surface area contributed by atoms with E-state index in [1.165, 1.54) is 11.3 Å². The molecular formula is C18H25NO3. The maximum Gasteiger partial charge on any atom is 0.161 e. The highest BCUT2D eigenvalue weighted by Crippen LogP contribution is 2.51. The zero-order valence-electron chi connectivity index (χ0n) is 13.8. The number of ether oxygens (including phenoxy) is 2. The van der Waals surface area contributed by atoms with Crippen molar-refractivity contribution in [3.05, 3.63) is 35.5 Å². The number of allylic oxidation sites excluding steroid dienone is 1. The third-order valence-electron chi connectivity index (χ3n) is 5.29. The van der Waals surface area contributed by atoms with Crippen LogP contribution in [-0.4, -0.2) is 43.9 Å². The molecule has 1 heterocycles. The molecule has 0 aromatic heterocycles. The lowest BCUT2D eigenvalue weighted by atomic mass is 9.67. The molecule has 3 rings (SSSR count). The summed E-state index contributed by atoms with van der Waals surface area (Å²) in [5.41, 5.74) is 2.47. The highest BCUT2D eigenvalue weighted by molar-refractivity contribution is 5.49. The molecule has 1 aliphatic carbocycles. The maximum atomic E-state index is 10.2. The van der Waals surface area contributed by atoms with E-state index in [2.05, 4.69) is 31.0 Å². The fourth-order valence-corrected chi connectivity index (χ4v) is 4.01. The van der Waals surface area contributed by atoms with Crippen LogP contribution < -0.4 is 9.47 Å². The second-order valence-electron chi connectivity index (χ2n) is 6.55. The largest absolute Gasteiger partial charge is 0.493 e. The molecule has 2 aliphatic rings. The summed E-state index contributed by atoms with van der Waals surface area (Å²) in [5.74, 6) is 1.77. The van der Waals surface area contributed by atoms with Crippen molar-refractivity contribution < 1.29 is 14.6 Å². The van der Waals surface area contributed by atoms with Gasteiger partial charge in [0.05, 0.1) is 20.3 Å². The van der Waals surface area contributed by atoms with Gasteiger partial charge in [0.2, 0.25) is 0 Å². The van der Waals surface area contributed by atoms with Crippen molar-refractivity contribution in [1.29, 1.82) is 0 Å². The number of methoxy groups -OCH3 is 2. The SMILES string of the molecule is COc1ccc([C@]23CCN(C)C2=C[C@H](O)[C@H](C)C3)cc1OC. The third kappa shape index (κ3) is 2.17. The quantitative estimate of drug-likeness (QED) is 0.932. The number of aliphatic hydroxyl groups excluding tert-OH is 1. The highest BCUT2D eigenvalue weighted by atomic mass is 16.5. The number of rotatable bonds is 3. The molecule has 0 unspecified atom stereocenters. The first kappa shape index (κ1) is 15.2. The molecule has 0 spiro atoms. The van der Waals surface area contributed by atoms with E-state index < -0.39 is 0 Å². The van der Waals surface area contributed by atoms with E-state index in [0.29, 0.717) is 0 Å². The first-order valence-corrected chi connectivity index (χ1v) is 7.86. The van der Waals surface area contributed by atoms with Gasteiger partial charge in [0.15, 0.2) is 11.5 Å². The van der Waals surface area contributed by atoms with Gasteiger partial charge in [-0.2, -0.15) is 0 Å². The van der Waals surface area contributed by atoms with Gasteiger partial charge < -0.3 is 19.5 Å². The summed E-state index contributed by atoms with van der Waals surface area (Å²) in [7, 11) is 5.44. The summed E-state index contributed by atoms with van der Waals surface area (Å²) in [6.07, 6.45) is 3.71. The molecule has 1 aromatic rings. The fraction of sp³-hybridized carbons (Fsp3) is 0.556. The van der Waals surface area contributed by atoms with Gasteiger partial charge in [0.25, 0.3) is 0 Å². The lowest BCUT2D eigenvalue weighted by Gasteiger charge is -2.40. The number of hydrogen-bond acceptors (Lipinski definition) is 4. The van der Waals surface area contributed by atoms with Crippen molar-refractivity contribution >= 4 is 0 Å². The Morgan fingerprint density at radius 1 is 1.23 bits per heavy atom. The first-order chi connectivity index (χ1) is 10.5.